The zero-order valence-corrected chi connectivity index (χ0v) is 16.6. The van der Waals surface area contributed by atoms with E-state index in [0.29, 0.717) is 6.54 Å². The van der Waals surface area contributed by atoms with E-state index >= 15 is 0 Å². The lowest BCUT2D eigenvalue weighted by atomic mass is 9.95. The van der Waals surface area contributed by atoms with Gasteiger partial charge in [-0.2, -0.15) is 0 Å². The van der Waals surface area contributed by atoms with Crippen LogP contribution < -0.4 is 10.6 Å². The molecule has 1 aromatic carbocycles. The Labute approximate surface area is 162 Å². The summed E-state index contributed by atoms with van der Waals surface area (Å²) in [5.41, 5.74) is 3.38. The number of para-hydroxylation sites is 1. The van der Waals surface area contributed by atoms with Gasteiger partial charge in [-0.15, -0.1) is 0 Å². The molecule has 0 bridgehead atoms. The third-order valence-electron chi connectivity index (χ3n) is 4.96. The quantitative estimate of drug-likeness (QED) is 0.795. The number of hydrogen-bond acceptors (Lipinski definition) is 4. The van der Waals surface area contributed by atoms with E-state index in [9.17, 15) is 4.79 Å². The monoisotopic (exact) mass is 366 g/mol. The number of carbonyl (C=O) groups is 1. The van der Waals surface area contributed by atoms with Gasteiger partial charge in [0.2, 0.25) is 5.91 Å². The minimum Gasteiger partial charge on any atom is -0.385 e. The van der Waals surface area contributed by atoms with Crippen molar-refractivity contribution < 1.29 is 4.79 Å². The highest BCUT2D eigenvalue weighted by Crippen LogP contribution is 2.24. The van der Waals surface area contributed by atoms with Gasteiger partial charge in [-0.25, -0.2) is 9.97 Å². The number of benzene rings is 1. The number of amides is 1. The highest BCUT2D eigenvalue weighted by molar-refractivity contribution is 5.79. The summed E-state index contributed by atoms with van der Waals surface area (Å²) in [6.45, 7) is 7.87. The van der Waals surface area contributed by atoms with Crippen LogP contribution in [-0.2, 0) is 23.1 Å². The van der Waals surface area contributed by atoms with E-state index in [4.69, 9.17) is 0 Å². The van der Waals surface area contributed by atoms with Gasteiger partial charge in [0.05, 0.1) is 0 Å². The summed E-state index contributed by atoms with van der Waals surface area (Å²) in [4.78, 5) is 21.6. The average Bonchev–Trinajstić information content (AvgIpc) is 2.87. The van der Waals surface area contributed by atoms with Crippen molar-refractivity contribution in [2.45, 2.75) is 51.9 Å². The van der Waals surface area contributed by atoms with Gasteiger partial charge in [-0.3, -0.25) is 4.79 Å². The smallest absolute Gasteiger partial charge is 0.223 e. The molecule has 1 aromatic heterocycles. The highest BCUT2D eigenvalue weighted by atomic mass is 16.1. The Morgan fingerprint density at radius 1 is 1.26 bits per heavy atom. The maximum absolute atomic E-state index is 12.6. The number of aryl methyl sites for hydroxylation is 1. The molecule has 3 rings (SSSR count). The predicted octanol–water partition coefficient (Wildman–Crippen LogP) is 3.50. The number of carbonyl (C=O) groups excluding carboxylic acids is 1. The second-order valence-electron chi connectivity index (χ2n) is 8.29. The maximum Gasteiger partial charge on any atom is 0.223 e. The van der Waals surface area contributed by atoms with Gasteiger partial charge in [0, 0.05) is 42.0 Å². The van der Waals surface area contributed by atoms with Crippen LogP contribution in [-0.4, -0.2) is 29.0 Å². The van der Waals surface area contributed by atoms with Crippen LogP contribution in [0.2, 0.25) is 0 Å². The van der Waals surface area contributed by atoms with Crippen LogP contribution in [0.15, 0.2) is 36.5 Å². The van der Waals surface area contributed by atoms with Crippen LogP contribution in [0.1, 0.15) is 50.7 Å². The Morgan fingerprint density at radius 3 is 2.89 bits per heavy atom. The summed E-state index contributed by atoms with van der Waals surface area (Å²) in [5, 5.41) is 6.54. The molecule has 5 nitrogen and oxygen atoms in total. The molecule has 144 valence electrons. The van der Waals surface area contributed by atoms with Crippen molar-refractivity contribution >= 4 is 11.6 Å². The van der Waals surface area contributed by atoms with Gasteiger partial charge in [0.15, 0.2) is 0 Å². The molecule has 0 spiro atoms. The van der Waals surface area contributed by atoms with Crippen molar-refractivity contribution in [3.05, 3.63) is 53.6 Å². The lowest BCUT2D eigenvalue weighted by Crippen LogP contribution is -2.33. The molecule has 1 unspecified atom stereocenters. The van der Waals surface area contributed by atoms with Crippen LogP contribution in [0.5, 0.6) is 0 Å². The number of fused-ring (bicyclic) bond motifs is 1. The largest absolute Gasteiger partial charge is 0.385 e. The molecule has 1 aliphatic heterocycles. The maximum atomic E-state index is 12.6. The molecule has 0 aliphatic carbocycles. The molecule has 2 heterocycles. The van der Waals surface area contributed by atoms with Crippen molar-refractivity contribution in [2.24, 2.45) is 5.92 Å². The number of hydrogen-bond donors (Lipinski definition) is 2. The minimum absolute atomic E-state index is 0.0349. The fourth-order valence-corrected chi connectivity index (χ4v) is 3.37. The molecular weight excluding hydrogens is 336 g/mol. The summed E-state index contributed by atoms with van der Waals surface area (Å²) in [7, 11) is 0. The van der Waals surface area contributed by atoms with Crippen LogP contribution in [0, 0.1) is 5.92 Å². The van der Waals surface area contributed by atoms with Gasteiger partial charge in [0.1, 0.15) is 5.82 Å². The molecule has 1 aliphatic rings. The first-order chi connectivity index (χ1) is 12.9. The van der Waals surface area contributed by atoms with Gasteiger partial charge >= 0.3 is 0 Å². The van der Waals surface area contributed by atoms with Crippen LogP contribution in [0.25, 0.3) is 0 Å². The molecule has 0 saturated heterocycles. The first-order valence-corrected chi connectivity index (χ1v) is 9.85. The molecule has 0 fully saturated rings. The lowest BCUT2D eigenvalue weighted by molar-refractivity contribution is -0.125. The number of anilines is 1. The first kappa shape index (κ1) is 19.3. The summed E-state index contributed by atoms with van der Waals surface area (Å²) < 4.78 is 0. The molecular formula is C22H30N4O. The Bertz CT molecular complexity index is 782. The topological polar surface area (TPSA) is 66.9 Å². The van der Waals surface area contributed by atoms with E-state index in [2.05, 4.69) is 53.5 Å². The summed E-state index contributed by atoms with van der Waals surface area (Å²) in [6.07, 6.45) is 5.23. The fraction of sp³-hybridized carbons (Fsp3) is 0.500. The predicted molar refractivity (Wildman–Crippen MR) is 109 cm³/mol. The molecule has 0 saturated carbocycles. The second-order valence-corrected chi connectivity index (χ2v) is 8.29. The molecule has 27 heavy (non-hydrogen) atoms. The average molecular weight is 367 g/mol. The van der Waals surface area contributed by atoms with E-state index in [1.165, 1.54) is 5.56 Å². The summed E-state index contributed by atoms with van der Waals surface area (Å²) in [5.74, 6) is 1.06. The third kappa shape index (κ3) is 5.28. The highest BCUT2D eigenvalue weighted by Gasteiger charge is 2.22. The zero-order chi connectivity index (χ0) is 19.3. The molecule has 1 amide bonds. The SMILES string of the molecule is CC(C)(C)c1nccc(CCCNC(=O)C2CCNc3ccccc3C2)n1. The molecule has 2 aromatic rings. The van der Waals surface area contributed by atoms with E-state index in [0.717, 1.165) is 49.4 Å². The number of nitrogens with one attached hydrogen (secondary N) is 2. The van der Waals surface area contributed by atoms with Gasteiger partial charge in [0.25, 0.3) is 0 Å². The molecule has 1 atom stereocenters. The zero-order valence-electron chi connectivity index (χ0n) is 16.6. The Morgan fingerprint density at radius 2 is 2.07 bits per heavy atom. The lowest BCUT2D eigenvalue weighted by Gasteiger charge is -2.17. The molecule has 2 N–H and O–H groups in total. The minimum atomic E-state index is -0.0476. The summed E-state index contributed by atoms with van der Waals surface area (Å²) in [6, 6.07) is 10.2. The van der Waals surface area contributed by atoms with E-state index in [1.807, 2.05) is 24.4 Å². The molecule has 5 heteroatoms. The van der Waals surface area contributed by atoms with Gasteiger partial charge in [-0.1, -0.05) is 39.0 Å². The Kier molecular flexibility index (Phi) is 6.09. The first-order valence-electron chi connectivity index (χ1n) is 9.85. The van der Waals surface area contributed by atoms with Crippen molar-refractivity contribution in [1.29, 1.82) is 0 Å². The van der Waals surface area contributed by atoms with E-state index < -0.39 is 0 Å². The van der Waals surface area contributed by atoms with Crippen molar-refractivity contribution in [3.63, 3.8) is 0 Å². The summed E-state index contributed by atoms with van der Waals surface area (Å²) >= 11 is 0. The van der Waals surface area contributed by atoms with Crippen LogP contribution >= 0.6 is 0 Å². The third-order valence-corrected chi connectivity index (χ3v) is 4.96. The number of aromatic nitrogens is 2. The second kappa shape index (κ2) is 8.51. The van der Waals surface area contributed by atoms with E-state index in [1.54, 1.807) is 0 Å². The van der Waals surface area contributed by atoms with Crippen molar-refractivity contribution in [2.75, 3.05) is 18.4 Å². The number of nitrogens with zero attached hydrogens (tertiary/aromatic N) is 2. The van der Waals surface area contributed by atoms with E-state index in [-0.39, 0.29) is 17.2 Å². The fourth-order valence-electron chi connectivity index (χ4n) is 3.37. The van der Waals surface area contributed by atoms with Crippen LogP contribution in [0.3, 0.4) is 0 Å². The number of rotatable bonds is 5. The van der Waals surface area contributed by atoms with Crippen molar-refractivity contribution in [1.82, 2.24) is 15.3 Å². The normalized spacial score (nSPS) is 16.8. The van der Waals surface area contributed by atoms with Crippen LogP contribution in [0.4, 0.5) is 5.69 Å². The Balaban J connectivity index is 1.47. The molecule has 0 radical (unpaired) electrons. The van der Waals surface area contributed by atoms with Crippen molar-refractivity contribution in [3.8, 4) is 0 Å². The standard InChI is InChI=1S/C22H30N4O/c1-22(2,3)21-25-14-11-18(26-21)8-6-12-24-20(27)17-10-13-23-19-9-5-4-7-16(19)15-17/h4-5,7,9,11,14,17,23H,6,8,10,12-13,15H2,1-3H3,(H,24,27). The van der Waals surface area contributed by atoms with Gasteiger partial charge < -0.3 is 10.6 Å². The van der Waals surface area contributed by atoms with Gasteiger partial charge in [-0.05, 0) is 43.4 Å². The Hall–Kier alpha value is -2.43.